The standard InChI is InChI=1S/C21H21F3N2O3S/c1-13-8-14(2)20(15(3)9-13)30(27,28)26-19(21(22,23)24)12-29-18-5-4-16-6-7-25-11-17(16)10-18/h4-11,19,26H,12H2,1-3H3. The first kappa shape index (κ1) is 22.0. The Morgan fingerprint density at radius 3 is 2.33 bits per heavy atom. The molecule has 1 heterocycles. The normalized spacial score (nSPS) is 13.4. The molecule has 0 aliphatic rings. The van der Waals surface area contributed by atoms with E-state index in [0.29, 0.717) is 16.5 Å². The van der Waals surface area contributed by atoms with Gasteiger partial charge in [0.25, 0.3) is 0 Å². The Balaban J connectivity index is 1.84. The van der Waals surface area contributed by atoms with E-state index in [4.69, 9.17) is 4.74 Å². The van der Waals surface area contributed by atoms with Crippen LogP contribution in [0.2, 0.25) is 0 Å². The molecule has 2 aromatic carbocycles. The van der Waals surface area contributed by atoms with Crippen molar-refractivity contribution in [1.82, 2.24) is 9.71 Å². The number of benzene rings is 2. The minimum absolute atomic E-state index is 0.154. The topological polar surface area (TPSA) is 68.3 Å². The number of halogens is 3. The van der Waals surface area contributed by atoms with Gasteiger partial charge in [0.1, 0.15) is 12.4 Å². The third kappa shape index (κ3) is 4.91. The number of nitrogens with one attached hydrogen (secondary N) is 1. The summed E-state index contributed by atoms with van der Waals surface area (Å²) in [6, 6.07) is 7.35. The minimum Gasteiger partial charge on any atom is -0.492 e. The van der Waals surface area contributed by atoms with E-state index in [9.17, 15) is 21.6 Å². The van der Waals surface area contributed by atoms with E-state index in [1.807, 2.05) is 0 Å². The highest BCUT2D eigenvalue weighted by Gasteiger charge is 2.43. The second kappa shape index (κ2) is 8.23. The Morgan fingerprint density at radius 1 is 1.03 bits per heavy atom. The molecule has 30 heavy (non-hydrogen) atoms. The number of fused-ring (bicyclic) bond motifs is 1. The molecule has 0 saturated heterocycles. The Labute approximate surface area is 173 Å². The highest BCUT2D eigenvalue weighted by atomic mass is 32.2. The SMILES string of the molecule is Cc1cc(C)c(S(=O)(=O)NC(COc2ccc3ccncc3c2)C(F)(F)F)c(C)c1. The van der Waals surface area contributed by atoms with Crippen LogP contribution < -0.4 is 9.46 Å². The average molecular weight is 438 g/mol. The summed E-state index contributed by atoms with van der Waals surface area (Å²) in [7, 11) is -4.42. The first-order valence-electron chi connectivity index (χ1n) is 9.11. The highest BCUT2D eigenvalue weighted by molar-refractivity contribution is 7.89. The lowest BCUT2D eigenvalue weighted by Gasteiger charge is -2.23. The van der Waals surface area contributed by atoms with E-state index in [1.165, 1.54) is 6.07 Å². The zero-order chi connectivity index (χ0) is 22.1. The third-order valence-electron chi connectivity index (χ3n) is 4.59. The minimum atomic E-state index is -4.84. The van der Waals surface area contributed by atoms with E-state index in [0.717, 1.165) is 10.9 Å². The molecule has 0 radical (unpaired) electrons. The first-order valence-corrected chi connectivity index (χ1v) is 10.6. The molecule has 5 nitrogen and oxygen atoms in total. The van der Waals surface area contributed by atoms with Crippen molar-refractivity contribution in [2.75, 3.05) is 6.61 Å². The lowest BCUT2D eigenvalue weighted by atomic mass is 10.1. The number of aryl methyl sites for hydroxylation is 3. The van der Waals surface area contributed by atoms with Crippen LogP contribution in [0, 0.1) is 20.8 Å². The molecule has 1 N–H and O–H groups in total. The van der Waals surface area contributed by atoms with Crippen LogP contribution in [0.3, 0.4) is 0 Å². The quantitative estimate of drug-likeness (QED) is 0.618. The number of ether oxygens (including phenoxy) is 1. The number of rotatable bonds is 6. The first-order chi connectivity index (χ1) is 14.0. The Kier molecular flexibility index (Phi) is 6.05. The largest absolute Gasteiger partial charge is 0.492 e. The summed E-state index contributed by atoms with van der Waals surface area (Å²) in [6.45, 7) is 3.99. The number of pyridine rings is 1. The number of alkyl halides is 3. The maximum atomic E-state index is 13.6. The summed E-state index contributed by atoms with van der Waals surface area (Å²) in [5, 5.41) is 1.56. The molecule has 0 saturated carbocycles. The van der Waals surface area contributed by atoms with Crippen molar-refractivity contribution in [3.63, 3.8) is 0 Å². The molecule has 0 fully saturated rings. The Morgan fingerprint density at radius 2 is 1.70 bits per heavy atom. The van der Waals surface area contributed by atoms with Crippen LogP contribution in [0.1, 0.15) is 16.7 Å². The van der Waals surface area contributed by atoms with Gasteiger partial charge in [-0.2, -0.15) is 17.9 Å². The van der Waals surface area contributed by atoms with Crippen LogP contribution in [0.25, 0.3) is 10.8 Å². The number of aromatic nitrogens is 1. The van der Waals surface area contributed by atoms with E-state index in [-0.39, 0.29) is 10.6 Å². The van der Waals surface area contributed by atoms with Gasteiger partial charge in [0.2, 0.25) is 10.0 Å². The zero-order valence-corrected chi connectivity index (χ0v) is 17.4. The third-order valence-corrected chi connectivity index (χ3v) is 6.37. The van der Waals surface area contributed by atoms with Crippen molar-refractivity contribution in [2.24, 2.45) is 0 Å². The molecule has 0 spiro atoms. The summed E-state index contributed by atoms with van der Waals surface area (Å²) < 4.78 is 73.3. The van der Waals surface area contributed by atoms with Crippen LogP contribution in [-0.4, -0.2) is 32.2 Å². The van der Waals surface area contributed by atoms with Crippen molar-refractivity contribution in [3.8, 4) is 5.75 Å². The van der Waals surface area contributed by atoms with Crippen LogP contribution in [0.5, 0.6) is 5.75 Å². The molecular formula is C21H21F3N2O3S. The van der Waals surface area contributed by atoms with E-state index < -0.39 is 28.8 Å². The fourth-order valence-corrected chi connectivity index (χ4v) is 5.02. The molecule has 3 rings (SSSR count). The maximum Gasteiger partial charge on any atom is 0.408 e. The van der Waals surface area contributed by atoms with Gasteiger partial charge in [-0.3, -0.25) is 4.98 Å². The van der Waals surface area contributed by atoms with Gasteiger partial charge in [-0.15, -0.1) is 0 Å². The van der Waals surface area contributed by atoms with Crippen LogP contribution in [0.4, 0.5) is 13.2 Å². The van der Waals surface area contributed by atoms with E-state index in [1.54, 1.807) is 68.2 Å². The predicted molar refractivity (Wildman–Crippen MR) is 108 cm³/mol. The molecule has 1 aromatic heterocycles. The molecule has 160 valence electrons. The van der Waals surface area contributed by atoms with Crippen LogP contribution in [0.15, 0.2) is 53.7 Å². The molecule has 0 bridgehead atoms. The van der Waals surface area contributed by atoms with Crippen molar-refractivity contribution >= 4 is 20.8 Å². The lowest BCUT2D eigenvalue weighted by Crippen LogP contribution is -2.49. The molecular weight excluding hydrogens is 417 g/mol. The monoisotopic (exact) mass is 438 g/mol. The van der Waals surface area contributed by atoms with Gasteiger partial charge in [0, 0.05) is 17.8 Å². The number of sulfonamides is 1. The van der Waals surface area contributed by atoms with Gasteiger partial charge in [0.15, 0.2) is 6.04 Å². The summed E-state index contributed by atoms with van der Waals surface area (Å²) in [6.07, 6.45) is -1.67. The van der Waals surface area contributed by atoms with Crippen LogP contribution >= 0.6 is 0 Å². The smallest absolute Gasteiger partial charge is 0.408 e. The van der Waals surface area contributed by atoms with Gasteiger partial charge < -0.3 is 4.74 Å². The fourth-order valence-electron chi connectivity index (χ4n) is 3.36. The molecule has 0 aliphatic heterocycles. The van der Waals surface area contributed by atoms with Gasteiger partial charge in [-0.05, 0) is 55.5 Å². The van der Waals surface area contributed by atoms with Gasteiger partial charge in [0.05, 0.1) is 4.90 Å². The second-order valence-electron chi connectivity index (χ2n) is 7.14. The van der Waals surface area contributed by atoms with E-state index in [2.05, 4.69) is 4.98 Å². The molecule has 1 atom stereocenters. The Bertz CT molecular complexity index is 1150. The van der Waals surface area contributed by atoms with Crippen molar-refractivity contribution < 1.29 is 26.3 Å². The van der Waals surface area contributed by atoms with Gasteiger partial charge in [-0.1, -0.05) is 23.8 Å². The van der Waals surface area contributed by atoms with Gasteiger partial charge in [-0.25, -0.2) is 8.42 Å². The fraction of sp³-hybridized carbons (Fsp3) is 0.286. The number of hydrogen-bond donors (Lipinski definition) is 1. The highest BCUT2D eigenvalue weighted by Crippen LogP contribution is 2.27. The number of nitrogens with zero attached hydrogens (tertiary/aromatic N) is 1. The van der Waals surface area contributed by atoms with Crippen molar-refractivity contribution in [1.29, 1.82) is 0 Å². The molecule has 3 aromatic rings. The molecule has 9 heteroatoms. The maximum absolute atomic E-state index is 13.6. The summed E-state index contributed by atoms with van der Waals surface area (Å²) in [5.74, 6) is 0.187. The van der Waals surface area contributed by atoms with Crippen molar-refractivity contribution in [2.45, 2.75) is 37.9 Å². The Hall–Kier alpha value is -2.65. The van der Waals surface area contributed by atoms with Gasteiger partial charge >= 0.3 is 6.18 Å². The van der Waals surface area contributed by atoms with Crippen molar-refractivity contribution in [3.05, 3.63) is 65.5 Å². The summed E-state index contributed by atoms with van der Waals surface area (Å²) in [5.41, 5.74) is 1.58. The molecule has 1 unspecified atom stereocenters. The summed E-state index contributed by atoms with van der Waals surface area (Å²) >= 11 is 0. The molecule has 0 amide bonds. The molecule has 0 aliphatic carbocycles. The predicted octanol–water partition coefficient (Wildman–Crippen LogP) is 4.45. The second-order valence-corrected chi connectivity index (χ2v) is 8.79. The number of hydrogen-bond acceptors (Lipinski definition) is 4. The zero-order valence-electron chi connectivity index (χ0n) is 16.6. The average Bonchev–Trinajstić information content (AvgIpc) is 2.63. The van der Waals surface area contributed by atoms with Crippen LogP contribution in [-0.2, 0) is 10.0 Å². The lowest BCUT2D eigenvalue weighted by molar-refractivity contribution is -0.157. The summed E-state index contributed by atoms with van der Waals surface area (Å²) in [4.78, 5) is 3.81. The van der Waals surface area contributed by atoms with E-state index >= 15 is 0 Å².